The van der Waals surface area contributed by atoms with Gasteiger partial charge in [0.2, 0.25) is 9.84 Å². The highest BCUT2D eigenvalue weighted by Gasteiger charge is 2.54. The zero-order valence-corrected chi connectivity index (χ0v) is 32.9. The Labute approximate surface area is 323 Å². The molecular formula is C42H53F2N5O5S. The summed E-state index contributed by atoms with van der Waals surface area (Å²) in [6.45, 7) is 5.01. The number of halogens is 2. The summed E-state index contributed by atoms with van der Waals surface area (Å²) in [6.07, 6.45) is 5.15. The van der Waals surface area contributed by atoms with Gasteiger partial charge in [0.05, 0.1) is 30.0 Å². The minimum Gasteiger partial charge on any atom is -0.453 e. The third-order valence-corrected chi connectivity index (χ3v) is 14.3. The van der Waals surface area contributed by atoms with Crippen molar-refractivity contribution in [3.63, 3.8) is 0 Å². The molecule has 3 heterocycles. The van der Waals surface area contributed by atoms with E-state index >= 15 is 4.39 Å². The summed E-state index contributed by atoms with van der Waals surface area (Å²) < 4.78 is 62.9. The molecule has 1 aliphatic carbocycles. The van der Waals surface area contributed by atoms with Gasteiger partial charge in [-0.2, -0.15) is 0 Å². The Morgan fingerprint density at radius 2 is 1.55 bits per heavy atom. The van der Waals surface area contributed by atoms with Crippen LogP contribution < -0.4 is 10.2 Å². The second-order valence-corrected chi connectivity index (χ2v) is 18.2. The molecule has 296 valence electrons. The van der Waals surface area contributed by atoms with Crippen molar-refractivity contribution < 1.29 is 31.5 Å². The molecule has 1 saturated carbocycles. The van der Waals surface area contributed by atoms with E-state index in [-0.39, 0.29) is 57.9 Å². The number of carbonyl (C=O) groups excluding carboxylic acids is 2. The number of methoxy groups -OCH3 is 1. The van der Waals surface area contributed by atoms with Crippen LogP contribution in [0.15, 0.2) is 82.6 Å². The largest absolute Gasteiger partial charge is 0.453 e. The van der Waals surface area contributed by atoms with E-state index in [0.29, 0.717) is 12.1 Å². The van der Waals surface area contributed by atoms with Gasteiger partial charge in [-0.1, -0.05) is 18.6 Å². The summed E-state index contributed by atoms with van der Waals surface area (Å²) in [7, 11) is 0.863. The first kappa shape index (κ1) is 39.2. The van der Waals surface area contributed by atoms with E-state index in [1.54, 1.807) is 50.5 Å². The lowest BCUT2D eigenvalue weighted by atomic mass is 9.57. The Kier molecular flexibility index (Phi) is 11.3. The third-order valence-electron chi connectivity index (χ3n) is 12.6. The molecule has 10 nitrogen and oxygen atoms in total. The molecule has 3 aliphatic heterocycles. The highest BCUT2D eigenvalue weighted by atomic mass is 32.2. The summed E-state index contributed by atoms with van der Waals surface area (Å²) >= 11 is 0. The van der Waals surface area contributed by atoms with Crippen molar-refractivity contribution in [2.24, 2.45) is 11.8 Å². The summed E-state index contributed by atoms with van der Waals surface area (Å²) in [6, 6.07) is 19.4. The zero-order valence-electron chi connectivity index (χ0n) is 32.1. The van der Waals surface area contributed by atoms with Crippen LogP contribution in [-0.2, 0) is 20.0 Å². The molecule has 0 spiro atoms. The topological polar surface area (TPSA) is 102 Å². The smallest absolute Gasteiger partial charge is 0.407 e. The molecule has 3 aromatic carbocycles. The van der Waals surface area contributed by atoms with Gasteiger partial charge >= 0.3 is 6.09 Å². The van der Waals surface area contributed by atoms with Crippen LogP contribution in [0.25, 0.3) is 0 Å². The first-order valence-electron chi connectivity index (χ1n) is 19.5. The first-order valence-corrected chi connectivity index (χ1v) is 21.0. The van der Waals surface area contributed by atoms with E-state index in [1.165, 1.54) is 42.3 Å². The van der Waals surface area contributed by atoms with Crippen molar-refractivity contribution in [2.75, 3.05) is 78.5 Å². The van der Waals surface area contributed by atoms with E-state index in [1.807, 2.05) is 4.90 Å². The molecule has 0 bridgehead atoms. The third kappa shape index (κ3) is 7.97. The molecule has 1 N–H and O–H groups in total. The van der Waals surface area contributed by atoms with Gasteiger partial charge in [0.1, 0.15) is 5.82 Å². The van der Waals surface area contributed by atoms with Crippen LogP contribution in [0, 0.1) is 17.7 Å². The van der Waals surface area contributed by atoms with Crippen LogP contribution in [0.5, 0.6) is 0 Å². The average molecular weight is 778 g/mol. The van der Waals surface area contributed by atoms with E-state index in [9.17, 15) is 22.4 Å². The zero-order chi connectivity index (χ0) is 39.0. The summed E-state index contributed by atoms with van der Waals surface area (Å²) in [5, 5.41) is 3.14. The lowest BCUT2D eigenvalue weighted by Crippen LogP contribution is -2.65. The number of nitrogens with zero attached hydrogens (tertiary/aromatic N) is 4. The number of benzene rings is 3. The molecular weight excluding hydrogens is 725 g/mol. The number of hydrogen-bond acceptors (Lipinski definition) is 8. The minimum atomic E-state index is -3.80. The highest BCUT2D eigenvalue weighted by Crippen LogP contribution is 2.51. The van der Waals surface area contributed by atoms with E-state index in [0.717, 1.165) is 82.5 Å². The standard InChI is InChI=1S/C42H53F2N5O5S/c1-46(2)39(50)30-11-15-35(16-12-30)55(52,53)36-17-13-34(14-18-36)49-27-41(44,28-49)26-48-23-19-31(20-24-48)42(29-47-21-6-22-47,32-7-4-8-33(43)25-32)37-9-5-10-38(37)45-40(51)54-3/h4,7-8,11-18,25,31,37-38H,5-6,9-10,19-24,26-29H2,1-3H3,(H,45,51)/t37-,38-,42?/m0/s1. The quantitative estimate of drug-likeness (QED) is 0.248. The van der Waals surface area contributed by atoms with E-state index in [4.69, 9.17) is 4.74 Å². The van der Waals surface area contributed by atoms with Gasteiger partial charge in [0.15, 0.2) is 5.67 Å². The molecule has 2 amide bonds. The number of piperidine rings is 1. The van der Waals surface area contributed by atoms with Gasteiger partial charge < -0.3 is 24.8 Å². The van der Waals surface area contributed by atoms with E-state index in [2.05, 4.69) is 21.2 Å². The van der Waals surface area contributed by atoms with Crippen molar-refractivity contribution in [3.8, 4) is 0 Å². The molecule has 3 aromatic rings. The lowest BCUT2D eigenvalue weighted by Gasteiger charge is -2.54. The molecule has 13 heteroatoms. The van der Waals surface area contributed by atoms with Gasteiger partial charge in [0, 0.05) is 49.9 Å². The molecule has 0 radical (unpaired) electrons. The fourth-order valence-electron chi connectivity index (χ4n) is 9.67. The van der Waals surface area contributed by atoms with Crippen molar-refractivity contribution in [1.82, 2.24) is 20.0 Å². The number of hydrogen-bond donors (Lipinski definition) is 1. The normalized spacial score (nSPS) is 23.0. The Hall–Kier alpha value is -4.07. The molecule has 3 saturated heterocycles. The predicted molar refractivity (Wildman–Crippen MR) is 207 cm³/mol. The van der Waals surface area contributed by atoms with Crippen LogP contribution in [0.1, 0.15) is 54.4 Å². The fourth-order valence-corrected chi connectivity index (χ4v) is 10.9. The van der Waals surface area contributed by atoms with Gasteiger partial charge in [-0.3, -0.25) is 9.69 Å². The molecule has 7 rings (SSSR count). The summed E-state index contributed by atoms with van der Waals surface area (Å²) in [4.78, 5) is 33.0. The second-order valence-electron chi connectivity index (χ2n) is 16.2. The van der Waals surface area contributed by atoms with Crippen molar-refractivity contribution in [2.45, 2.75) is 65.4 Å². The van der Waals surface area contributed by atoms with Crippen molar-refractivity contribution in [3.05, 3.63) is 89.7 Å². The Morgan fingerprint density at radius 1 is 0.891 bits per heavy atom. The van der Waals surface area contributed by atoms with Crippen LogP contribution >= 0.6 is 0 Å². The predicted octanol–water partition coefficient (Wildman–Crippen LogP) is 5.77. The SMILES string of the molecule is COC(=O)N[C@H]1CCC[C@@H]1C(CN1CCC1)(c1cccc(F)c1)C1CCN(CC2(F)CN(c3ccc(S(=O)(=O)c4ccc(C(=O)N(C)C)cc4)cc3)C2)CC1. The number of alkyl halides is 1. The monoisotopic (exact) mass is 777 g/mol. The van der Waals surface area contributed by atoms with Crippen molar-refractivity contribution >= 4 is 27.5 Å². The maximum Gasteiger partial charge on any atom is 0.407 e. The number of rotatable bonds is 12. The fraction of sp³-hybridized carbons (Fsp3) is 0.524. The van der Waals surface area contributed by atoms with Crippen LogP contribution in [-0.4, -0.2) is 120 Å². The van der Waals surface area contributed by atoms with Crippen LogP contribution in [0.4, 0.5) is 19.3 Å². The van der Waals surface area contributed by atoms with E-state index < -0.39 is 21.6 Å². The molecule has 3 atom stereocenters. The lowest BCUT2D eigenvalue weighted by molar-refractivity contribution is 0.00584. The van der Waals surface area contributed by atoms with Crippen molar-refractivity contribution in [1.29, 1.82) is 0 Å². The Bertz CT molecular complexity index is 1950. The van der Waals surface area contributed by atoms with Gasteiger partial charge in [-0.15, -0.1) is 0 Å². The van der Waals surface area contributed by atoms with Crippen LogP contribution in [0.2, 0.25) is 0 Å². The number of alkyl carbamates (subject to hydrolysis) is 1. The van der Waals surface area contributed by atoms with Crippen LogP contribution in [0.3, 0.4) is 0 Å². The number of sulfone groups is 1. The average Bonchev–Trinajstić information content (AvgIpc) is 3.62. The number of anilines is 1. The maximum atomic E-state index is 16.3. The number of likely N-dealkylation sites (tertiary alicyclic amines) is 2. The number of ether oxygens (including phenoxy) is 1. The molecule has 1 unspecified atom stereocenters. The van der Waals surface area contributed by atoms with Gasteiger partial charge in [-0.25, -0.2) is 22.0 Å². The van der Waals surface area contributed by atoms with Gasteiger partial charge in [-0.05, 0) is 136 Å². The number of carbonyl (C=O) groups is 2. The number of amides is 2. The summed E-state index contributed by atoms with van der Waals surface area (Å²) in [5.41, 5.74) is 0.372. The highest BCUT2D eigenvalue weighted by molar-refractivity contribution is 7.91. The Balaban J connectivity index is 1.01. The second kappa shape index (κ2) is 15.8. The first-order chi connectivity index (χ1) is 26.3. The molecule has 0 aromatic heterocycles. The van der Waals surface area contributed by atoms with Gasteiger partial charge in [0.25, 0.3) is 5.91 Å². The molecule has 55 heavy (non-hydrogen) atoms. The maximum absolute atomic E-state index is 16.3. The molecule has 4 aliphatic rings. The molecule has 4 fully saturated rings. The summed E-state index contributed by atoms with van der Waals surface area (Å²) in [5.74, 6) is -0.134. The number of nitrogens with one attached hydrogen (secondary N) is 1. The minimum absolute atomic E-state index is 0.0779. The Morgan fingerprint density at radius 3 is 2.13 bits per heavy atom.